The molecule has 22 heavy (non-hydrogen) atoms. The smallest absolute Gasteiger partial charge is 0.254 e. The monoisotopic (exact) mass is 303 g/mol. The standard InChI is InChI=1S/C16H25N5O/c1-2-20-7-9-21(10-8-20)16-17-11-13(12-18-16)15(22)19-14-5-3-4-6-14/h11-12,14H,2-10H2,1H3,(H,19,22). The van der Waals surface area contributed by atoms with E-state index in [-0.39, 0.29) is 5.91 Å². The molecule has 6 heteroatoms. The number of hydrogen-bond acceptors (Lipinski definition) is 5. The van der Waals surface area contributed by atoms with Gasteiger partial charge in [0.05, 0.1) is 5.56 Å². The lowest BCUT2D eigenvalue weighted by Gasteiger charge is -2.33. The van der Waals surface area contributed by atoms with Crippen LogP contribution in [0, 0.1) is 0 Å². The van der Waals surface area contributed by atoms with Crippen molar-refractivity contribution >= 4 is 11.9 Å². The van der Waals surface area contributed by atoms with Crippen molar-refractivity contribution in [2.75, 3.05) is 37.6 Å². The van der Waals surface area contributed by atoms with Crippen LogP contribution in [0.25, 0.3) is 0 Å². The molecule has 3 rings (SSSR count). The van der Waals surface area contributed by atoms with Crippen LogP contribution in [-0.2, 0) is 0 Å². The summed E-state index contributed by atoms with van der Waals surface area (Å²) in [6.45, 7) is 7.26. The maximum atomic E-state index is 12.2. The molecule has 1 N–H and O–H groups in total. The molecule has 1 aromatic rings. The maximum absolute atomic E-state index is 12.2. The predicted molar refractivity (Wildman–Crippen MR) is 86.1 cm³/mol. The quantitative estimate of drug-likeness (QED) is 0.908. The van der Waals surface area contributed by atoms with E-state index in [1.54, 1.807) is 12.4 Å². The third-order valence-electron chi connectivity index (χ3n) is 4.69. The number of nitrogens with zero attached hydrogens (tertiary/aromatic N) is 4. The van der Waals surface area contributed by atoms with Crippen molar-refractivity contribution in [2.24, 2.45) is 0 Å². The minimum Gasteiger partial charge on any atom is -0.349 e. The fourth-order valence-electron chi connectivity index (χ4n) is 3.20. The van der Waals surface area contributed by atoms with Crippen LogP contribution in [0.3, 0.4) is 0 Å². The summed E-state index contributed by atoms with van der Waals surface area (Å²) in [7, 11) is 0. The first-order valence-corrected chi connectivity index (χ1v) is 8.36. The molecular weight excluding hydrogens is 278 g/mol. The molecule has 0 atom stereocenters. The first-order valence-electron chi connectivity index (χ1n) is 8.36. The Labute approximate surface area is 131 Å². The molecule has 0 unspecified atom stereocenters. The van der Waals surface area contributed by atoms with Crippen LogP contribution in [0.5, 0.6) is 0 Å². The van der Waals surface area contributed by atoms with E-state index in [9.17, 15) is 4.79 Å². The van der Waals surface area contributed by atoms with Gasteiger partial charge >= 0.3 is 0 Å². The Morgan fingerprint density at radius 3 is 2.41 bits per heavy atom. The second-order valence-corrected chi connectivity index (χ2v) is 6.15. The molecule has 1 aromatic heterocycles. The highest BCUT2D eigenvalue weighted by molar-refractivity contribution is 5.93. The summed E-state index contributed by atoms with van der Waals surface area (Å²) in [6.07, 6.45) is 7.91. The van der Waals surface area contributed by atoms with E-state index in [2.05, 4.69) is 32.0 Å². The second-order valence-electron chi connectivity index (χ2n) is 6.15. The zero-order valence-electron chi connectivity index (χ0n) is 13.3. The van der Waals surface area contributed by atoms with Crippen LogP contribution in [0.1, 0.15) is 43.0 Å². The average Bonchev–Trinajstić information content (AvgIpc) is 3.08. The molecule has 6 nitrogen and oxygen atoms in total. The number of carbonyl (C=O) groups excluding carboxylic acids is 1. The molecule has 1 saturated carbocycles. The van der Waals surface area contributed by atoms with Gasteiger partial charge in [-0.25, -0.2) is 9.97 Å². The fourth-order valence-corrected chi connectivity index (χ4v) is 3.20. The van der Waals surface area contributed by atoms with Gasteiger partial charge in [0.15, 0.2) is 0 Å². The Balaban J connectivity index is 1.56. The minimum absolute atomic E-state index is 0.0470. The summed E-state index contributed by atoms with van der Waals surface area (Å²) >= 11 is 0. The zero-order chi connectivity index (χ0) is 15.4. The number of nitrogens with one attached hydrogen (secondary N) is 1. The summed E-state index contributed by atoms with van der Waals surface area (Å²) in [6, 6.07) is 0.328. The van der Waals surface area contributed by atoms with Crippen molar-refractivity contribution in [3.05, 3.63) is 18.0 Å². The third kappa shape index (κ3) is 3.55. The highest BCUT2D eigenvalue weighted by Gasteiger charge is 2.20. The summed E-state index contributed by atoms with van der Waals surface area (Å²) in [5.41, 5.74) is 0.558. The number of hydrogen-bond donors (Lipinski definition) is 1. The number of aromatic nitrogens is 2. The van der Waals surface area contributed by atoms with Gasteiger partial charge in [-0.3, -0.25) is 4.79 Å². The predicted octanol–water partition coefficient (Wildman–Crippen LogP) is 1.29. The summed E-state index contributed by atoms with van der Waals surface area (Å²) in [5, 5.41) is 3.07. The average molecular weight is 303 g/mol. The SMILES string of the molecule is CCN1CCN(c2ncc(C(=O)NC3CCCC3)cn2)CC1. The van der Waals surface area contributed by atoms with Gasteiger partial charge in [0.1, 0.15) is 0 Å². The Morgan fingerprint density at radius 1 is 1.18 bits per heavy atom. The summed E-state index contributed by atoms with van der Waals surface area (Å²) < 4.78 is 0. The molecule has 1 saturated heterocycles. The highest BCUT2D eigenvalue weighted by atomic mass is 16.1. The summed E-state index contributed by atoms with van der Waals surface area (Å²) in [5.74, 6) is 0.683. The Morgan fingerprint density at radius 2 is 1.82 bits per heavy atom. The van der Waals surface area contributed by atoms with Gasteiger partial charge in [0.25, 0.3) is 5.91 Å². The Bertz CT molecular complexity index is 490. The van der Waals surface area contributed by atoms with Gasteiger partial charge in [-0.2, -0.15) is 0 Å². The topological polar surface area (TPSA) is 61.4 Å². The van der Waals surface area contributed by atoms with Crippen LogP contribution < -0.4 is 10.2 Å². The van der Waals surface area contributed by atoms with E-state index in [0.717, 1.165) is 51.5 Å². The van der Waals surface area contributed by atoms with E-state index in [0.29, 0.717) is 11.6 Å². The van der Waals surface area contributed by atoms with Gasteiger partial charge in [-0.05, 0) is 19.4 Å². The first kappa shape index (κ1) is 15.2. The van der Waals surface area contributed by atoms with Crippen molar-refractivity contribution in [1.82, 2.24) is 20.2 Å². The normalized spacial score (nSPS) is 20.3. The van der Waals surface area contributed by atoms with Crippen LogP contribution in [0.15, 0.2) is 12.4 Å². The lowest BCUT2D eigenvalue weighted by atomic mass is 10.2. The van der Waals surface area contributed by atoms with Crippen molar-refractivity contribution in [3.63, 3.8) is 0 Å². The largest absolute Gasteiger partial charge is 0.349 e. The van der Waals surface area contributed by atoms with Gasteiger partial charge < -0.3 is 15.1 Å². The van der Waals surface area contributed by atoms with E-state index in [4.69, 9.17) is 0 Å². The molecule has 1 amide bonds. The molecule has 0 radical (unpaired) electrons. The summed E-state index contributed by atoms with van der Waals surface area (Å²) in [4.78, 5) is 25.5. The first-order chi connectivity index (χ1) is 10.8. The van der Waals surface area contributed by atoms with Crippen molar-refractivity contribution < 1.29 is 4.79 Å². The fraction of sp³-hybridized carbons (Fsp3) is 0.688. The Kier molecular flexibility index (Phi) is 4.87. The number of rotatable bonds is 4. The molecule has 0 bridgehead atoms. The molecular formula is C16H25N5O. The van der Waals surface area contributed by atoms with Gasteiger partial charge in [-0.15, -0.1) is 0 Å². The maximum Gasteiger partial charge on any atom is 0.254 e. The van der Waals surface area contributed by atoms with E-state index >= 15 is 0 Å². The zero-order valence-corrected chi connectivity index (χ0v) is 13.3. The van der Waals surface area contributed by atoms with E-state index in [1.807, 2.05) is 0 Å². The van der Waals surface area contributed by atoms with Crippen molar-refractivity contribution in [2.45, 2.75) is 38.6 Å². The number of likely N-dealkylation sites (N-methyl/N-ethyl adjacent to an activating group) is 1. The molecule has 2 heterocycles. The highest BCUT2D eigenvalue weighted by Crippen LogP contribution is 2.18. The number of carbonyl (C=O) groups is 1. The molecule has 1 aliphatic heterocycles. The number of piperazine rings is 1. The molecule has 120 valence electrons. The molecule has 0 spiro atoms. The molecule has 2 aliphatic rings. The van der Waals surface area contributed by atoms with E-state index in [1.165, 1.54) is 12.8 Å². The van der Waals surface area contributed by atoms with Crippen LogP contribution in [0.4, 0.5) is 5.95 Å². The van der Waals surface area contributed by atoms with Crippen LogP contribution in [0.2, 0.25) is 0 Å². The van der Waals surface area contributed by atoms with Gasteiger partial charge in [-0.1, -0.05) is 19.8 Å². The number of amides is 1. The third-order valence-corrected chi connectivity index (χ3v) is 4.69. The second kappa shape index (κ2) is 7.05. The van der Waals surface area contributed by atoms with E-state index < -0.39 is 0 Å². The molecule has 2 fully saturated rings. The minimum atomic E-state index is -0.0470. The van der Waals surface area contributed by atoms with Gasteiger partial charge in [0.2, 0.25) is 5.95 Å². The van der Waals surface area contributed by atoms with Crippen molar-refractivity contribution in [1.29, 1.82) is 0 Å². The van der Waals surface area contributed by atoms with Crippen molar-refractivity contribution in [3.8, 4) is 0 Å². The number of anilines is 1. The van der Waals surface area contributed by atoms with Crippen LogP contribution in [-0.4, -0.2) is 59.5 Å². The Hall–Kier alpha value is -1.69. The lowest BCUT2D eigenvalue weighted by molar-refractivity contribution is 0.0937. The molecule has 1 aliphatic carbocycles. The molecule has 0 aromatic carbocycles. The van der Waals surface area contributed by atoms with Crippen LogP contribution >= 0.6 is 0 Å². The van der Waals surface area contributed by atoms with Gasteiger partial charge in [0, 0.05) is 44.6 Å². The lowest BCUT2D eigenvalue weighted by Crippen LogP contribution is -2.46.